The van der Waals surface area contributed by atoms with Gasteiger partial charge in [0.25, 0.3) is 0 Å². The molecule has 0 aromatic carbocycles. The van der Waals surface area contributed by atoms with Crippen LogP contribution in [0.4, 0.5) is 0 Å². The van der Waals surface area contributed by atoms with Crippen LogP contribution in [0, 0.1) is 0 Å². The number of carbonyl (C=O) groups is 1. The van der Waals surface area contributed by atoms with Gasteiger partial charge in [0, 0.05) is 0 Å². The second-order valence-electron chi connectivity index (χ2n) is 3.18. The molecule has 0 heterocycles. The maximum absolute atomic E-state index is 9.49. The van der Waals surface area contributed by atoms with Gasteiger partial charge in [-0.3, -0.25) is 0 Å². The van der Waals surface area contributed by atoms with Crippen LogP contribution in [-0.4, -0.2) is 22.0 Å². The van der Waals surface area contributed by atoms with Gasteiger partial charge in [-0.1, -0.05) is 6.58 Å². The monoisotopic (exact) mass is 222 g/mol. The van der Waals surface area contributed by atoms with Gasteiger partial charge in [-0.15, -0.1) is 0 Å². The Labute approximate surface area is 76.5 Å². The van der Waals surface area contributed by atoms with Crippen molar-refractivity contribution in [2.45, 2.75) is 32.0 Å². The van der Waals surface area contributed by atoms with Crippen molar-refractivity contribution >= 4 is 22.0 Å². The normalized spacial score (nSPS) is 9.55. The van der Waals surface area contributed by atoms with Gasteiger partial charge in [0.05, 0.1) is 5.97 Å². The van der Waals surface area contributed by atoms with E-state index < -0.39 is 5.97 Å². The number of hydrogen-bond acceptors (Lipinski definition) is 2. The molecule has 0 unspecified atom stereocenters. The summed E-state index contributed by atoms with van der Waals surface area (Å²) in [7, 11) is 0. The molecule has 64 valence electrons. The predicted octanol–water partition coefficient (Wildman–Crippen LogP) is 0.686. The minimum absolute atomic E-state index is 0.0648. The van der Waals surface area contributed by atoms with E-state index >= 15 is 0 Å². The summed E-state index contributed by atoms with van der Waals surface area (Å²) >= 11 is 2.98. The first-order valence-corrected chi connectivity index (χ1v) is 4.07. The molecule has 0 rings (SSSR count). The molecule has 0 fully saturated rings. The van der Waals surface area contributed by atoms with Crippen molar-refractivity contribution in [1.82, 2.24) is 0 Å². The molecule has 0 aromatic rings. The third-order valence-electron chi connectivity index (χ3n) is 0.348. The van der Waals surface area contributed by atoms with Crippen LogP contribution in [-0.2, 0) is 4.79 Å². The van der Waals surface area contributed by atoms with E-state index in [2.05, 4.69) is 43.4 Å². The number of hydrogen-bond donors (Lipinski definition) is 0. The second-order valence-corrected chi connectivity index (χ2v) is 5.75. The third kappa shape index (κ3) is 41.8. The Kier molecular flexibility index (Phi) is 6.53. The number of aliphatic carboxylic acids is 1. The van der Waals surface area contributed by atoms with Gasteiger partial charge < -0.3 is 9.90 Å². The minimum atomic E-state index is -1.19. The molecule has 2 radical (unpaired) electrons. The molecule has 0 aliphatic carbocycles. The summed E-state index contributed by atoms with van der Waals surface area (Å²) in [6, 6.07) is 0. The molecule has 3 heteroatoms. The third-order valence-corrected chi connectivity index (χ3v) is 0.348. The Morgan fingerprint density at radius 2 is 1.55 bits per heavy atom. The van der Waals surface area contributed by atoms with Gasteiger partial charge in [-0.2, -0.15) is 0 Å². The average Bonchev–Trinajstić information content (AvgIpc) is 1.59. The number of rotatable bonds is 1. The van der Waals surface area contributed by atoms with Crippen LogP contribution in [0.15, 0.2) is 12.2 Å². The van der Waals surface area contributed by atoms with Gasteiger partial charge in [0.2, 0.25) is 0 Å². The number of carbonyl (C=O) groups excluding carboxylic acids is 1. The molecule has 0 saturated heterocycles. The van der Waals surface area contributed by atoms with Crippen LogP contribution in [0.2, 0.25) is 4.31 Å². The van der Waals surface area contributed by atoms with E-state index in [1.54, 1.807) is 0 Å². The van der Waals surface area contributed by atoms with Gasteiger partial charge in [0.15, 0.2) is 0 Å². The molecule has 0 aromatic heterocycles. The van der Waals surface area contributed by atoms with Crippen molar-refractivity contribution in [3.05, 3.63) is 12.2 Å². The number of carboxylic acid groups (broad SMARTS) is 1. The topological polar surface area (TPSA) is 40.1 Å². The summed E-state index contributed by atoms with van der Waals surface area (Å²) in [5.41, 5.74) is 0.0648. The first-order valence-electron chi connectivity index (χ1n) is 3.22. The SMILES string of the molecule is C=C(C)C(=O)[O-].CC(C)(C)[Se+]. The van der Waals surface area contributed by atoms with Crippen LogP contribution in [0.1, 0.15) is 27.7 Å². The van der Waals surface area contributed by atoms with Crippen molar-refractivity contribution in [2.24, 2.45) is 0 Å². The maximum atomic E-state index is 9.49. The fourth-order valence-electron chi connectivity index (χ4n) is 0. The molecular weight excluding hydrogens is 207 g/mol. The van der Waals surface area contributed by atoms with E-state index in [4.69, 9.17) is 0 Å². The van der Waals surface area contributed by atoms with Gasteiger partial charge in [-0.05, 0) is 12.5 Å². The summed E-state index contributed by atoms with van der Waals surface area (Å²) < 4.78 is 0.375. The van der Waals surface area contributed by atoms with Crippen molar-refractivity contribution in [3.8, 4) is 0 Å². The second kappa shape index (κ2) is 5.39. The summed E-state index contributed by atoms with van der Waals surface area (Å²) in [6.45, 7) is 10.9. The van der Waals surface area contributed by atoms with E-state index in [1.807, 2.05) is 0 Å². The summed E-state index contributed by atoms with van der Waals surface area (Å²) in [5.74, 6) is -1.19. The average molecular weight is 221 g/mol. The van der Waals surface area contributed by atoms with Crippen molar-refractivity contribution in [2.75, 3.05) is 0 Å². The Balaban J connectivity index is 0. The Morgan fingerprint density at radius 1 is 1.45 bits per heavy atom. The van der Waals surface area contributed by atoms with Crippen LogP contribution in [0.5, 0.6) is 0 Å². The van der Waals surface area contributed by atoms with Gasteiger partial charge in [0.1, 0.15) is 0 Å². The molecule has 0 spiro atoms. The van der Waals surface area contributed by atoms with Gasteiger partial charge in [-0.25, -0.2) is 0 Å². The molecule has 0 bridgehead atoms. The van der Waals surface area contributed by atoms with Crippen LogP contribution >= 0.6 is 0 Å². The quantitative estimate of drug-likeness (QED) is 0.482. The zero-order valence-corrected chi connectivity index (χ0v) is 9.14. The fourth-order valence-corrected chi connectivity index (χ4v) is 0. The van der Waals surface area contributed by atoms with Crippen molar-refractivity contribution < 1.29 is 9.90 Å². The molecule has 0 amide bonds. The van der Waals surface area contributed by atoms with Crippen molar-refractivity contribution in [1.29, 1.82) is 0 Å². The van der Waals surface area contributed by atoms with Crippen molar-refractivity contribution in [3.63, 3.8) is 0 Å². The molecule has 11 heavy (non-hydrogen) atoms. The van der Waals surface area contributed by atoms with E-state index in [1.165, 1.54) is 6.92 Å². The van der Waals surface area contributed by atoms with Crippen LogP contribution in [0.25, 0.3) is 0 Å². The van der Waals surface area contributed by atoms with E-state index in [-0.39, 0.29) is 5.57 Å². The standard InChI is InChI=1S/C4H6O2.C4H9Se/c1-3(2)4(5)6;1-4(2,3)5/h1H2,2H3,(H,5,6);1-3H3/q;+1/p-1. The summed E-state index contributed by atoms with van der Waals surface area (Å²) in [4.78, 5) is 9.49. The molecule has 0 aliphatic rings. The van der Waals surface area contributed by atoms with Gasteiger partial charge >= 0.3 is 41.1 Å². The Morgan fingerprint density at radius 3 is 1.55 bits per heavy atom. The van der Waals surface area contributed by atoms with E-state index in [9.17, 15) is 9.90 Å². The Bertz CT molecular complexity index is 127. The molecule has 2 nitrogen and oxygen atoms in total. The Hall–Kier alpha value is -0.271. The molecule has 0 atom stereocenters. The number of carboxylic acids is 1. The zero-order valence-electron chi connectivity index (χ0n) is 7.43. The summed E-state index contributed by atoms with van der Waals surface area (Å²) in [6.07, 6.45) is 0. The molecular formula is C8H14O2Se. The fraction of sp³-hybridized carbons (Fsp3) is 0.625. The summed E-state index contributed by atoms with van der Waals surface area (Å²) in [5, 5.41) is 9.49. The van der Waals surface area contributed by atoms with E-state index in [0.29, 0.717) is 4.31 Å². The zero-order chi connectivity index (χ0) is 9.65. The van der Waals surface area contributed by atoms with Crippen LogP contribution < -0.4 is 5.11 Å². The van der Waals surface area contributed by atoms with Crippen LogP contribution in [0.3, 0.4) is 0 Å². The molecule has 0 aliphatic heterocycles. The first kappa shape index (κ1) is 13.3. The van der Waals surface area contributed by atoms with E-state index in [0.717, 1.165) is 0 Å². The molecule has 0 N–H and O–H groups in total. The first-order chi connectivity index (χ1) is 4.64. The predicted molar refractivity (Wildman–Crippen MR) is 45.3 cm³/mol. The molecule has 0 saturated carbocycles.